The van der Waals surface area contributed by atoms with Crippen LogP contribution in [0, 0.1) is 10.8 Å². The first kappa shape index (κ1) is 8.79. The molecule has 0 N–H and O–H groups in total. The molecule has 0 aromatic carbocycles. The van der Waals surface area contributed by atoms with Gasteiger partial charge in [0.05, 0.1) is 6.42 Å². The van der Waals surface area contributed by atoms with Gasteiger partial charge >= 0.3 is 5.97 Å². The lowest BCUT2D eigenvalue weighted by atomic mass is 9.70. The molecule has 0 saturated carbocycles. The van der Waals surface area contributed by atoms with Crippen molar-refractivity contribution < 1.29 is 9.53 Å². The highest BCUT2D eigenvalue weighted by molar-refractivity contribution is 5.75. The number of hydrogen-bond acceptors (Lipinski definition) is 2. The summed E-state index contributed by atoms with van der Waals surface area (Å²) in [6.45, 7) is 6.50. The summed E-state index contributed by atoms with van der Waals surface area (Å²) in [5.74, 6) is 0.847. The van der Waals surface area contributed by atoms with E-state index in [0.29, 0.717) is 6.42 Å². The SMILES string of the molecule is CC1(C)C=C2OC(=O)CC2(C)CC1. The molecule has 2 aliphatic rings. The van der Waals surface area contributed by atoms with Gasteiger partial charge in [-0.15, -0.1) is 0 Å². The van der Waals surface area contributed by atoms with E-state index < -0.39 is 0 Å². The highest BCUT2D eigenvalue weighted by Crippen LogP contribution is 2.50. The van der Waals surface area contributed by atoms with Crippen molar-refractivity contribution in [2.24, 2.45) is 10.8 Å². The van der Waals surface area contributed by atoms with Crippen molar-refractivity contribution >= 4 is 5.97 Å². The third kappa shape index (κ3) is 1.38. The van der Waals surface area contributed by atoms with Gasteiger partial charge in [0, 0.05) is 5.41 Å². The number of esters is 1. The van der Waals surface area contributed by atoms with E-state index in [0.717, 1.165) is 18.6 Å². The van der Waals surface area contributed by atoms with Gasteiger partial charge in [-0.2, -0.15) is 0 Å². The maximum absolute atomic E-state index is 11.2. The van der Waals surface area contributed by atoms with Crippen LogP contribution in [0.3, 0.4) is 0 Å². The van der Waals surface area contributed by atoms with E-state index >= 15 is 0 Å². The van der Waals surface area contributed by atoms with Crippen LogP contribution in [0.2, 0.25) is 0 Å². The Bertz CT molecular complexity index is 288. The number of rotatable bonds is 0. The molecule has 1 unspecified atom stereocenters. The lowest BCUT2D eigenvalue weighted by Gasteiger charge is -2.34. The van der Waals surface area contributed by atoms with Crippen molar-refractivity contribution in [2.45, 2.75) is 40.0 Å². The Kier molecular flexibility index (Phi) is 1.60. The lowest BCUT2D eigenvalue weighted by Crippen LogP contribution is -2.25. The second-order valence-electron chi connectivity index (χ2n) is 5.21. The number of carbonyl (C=O) groups is 1. The molecule has 1 atom stereocenters. The van der Waals surface area contributed by atoms with E-state index in [1.165, 1.54) is 0 Å². The molecule has 1 aliphatic carbocycles. The Balaban J connectivity index is 2.37. The van der Waals surface area contributed by atoms with Crippen LogP contribution < -0.4 is 0 Å². The van der Waals surface area contributed by atoms with E-state index in [1.807, 2.05) is 0 Å². The largest absolute Gasteiger partial charge is 0.431 e. The summed E-state index contributed by atoms with van der Waals surface area (Å²) in [5.41, 5.74) is 0.200. The molecule has 0 aromatic heterocycles. The van der Waals surface area contributed by atoms with Crippen molar-refractivity contribution in [1.82, 2.24) is 0 Å². The molecule has 0 radical (unpaired) electrons. The van der Waals surface area contributed by atoms with Crippen LogP contribution >= 0.6 is 0 Å². The maximum Gasteiger partial charge on any atom is 0.311 e. The van der Waals surface area contributed by atoms with Gasteiger partial charge in [-0.3, -0.25) is 4.79 Å². The molecule has 1 heterocycles. The zero-order chi connectivity index (χ0) is 9.69. The van der Waals surface area contributed by atoms with Gasteiger partial charge in [0.2, 0.25) is 0 Å². The van der Waals surface area contributed by atoms with Crippen molar-refractivity contribution in [3.63, 3.8) is 0 Å². The van der Waals surface area contributed by atoms with Crippen LogP contribution in [0.25, 0.3) is 0 Å². The van der Waals surface area contributed by atoms with Crippen molar-refractivity contribution in [3.05, 3.63) is 11.8 Å². The Labute approximate surface area is 79.0 Å². The Morgan fingerprint density at radius 1 is 1.31 bits per heavy atom. The highest BCUT2D eigenvalue weighted by atomic mass is 16.5. The molecule has 13 heavy (non-hydrogen) atoms. The first-order chi connectivity index (χ1) is 5.91. The summed E-state index contributed by atoms with van der Waals surface area (Å²) in [6, 6.07) is 0. The minimum Gasteiger partial charge on any atom is -0.431 e. The van der Waals surface area contributed by atoms with Crippen LogP contribution in [-0.4, -0.2) is 5.97 Å². The molecule has 0 spiro atoms. The molecular weight excluding hydrogens is 164 g/mol. The second-order valence-corrected chi connectivity index (χ2v) is 5.21. The van der Waals surface area contributed by atoms with Gasteiger partial charge < -0.3 is 4.74 Å². The standard InChI is InChI=1S/C11H16O2/c1-10(2)4-5-11(3)7-9(12)13-8(11)6-10/h6H,4-5,7H2,1-3H3. The molecule has 2 rings (SSSR count). The van der Waals surface area contributed by atoms with Crippen LogP contribution in [0.5, 0.6) is 0 Å². The summed E-state index contributed by atoms with van der Waals surface area (Å²) in [4.78, 5) is 11.2. The van der Waals surface area contributed by atoms with Gasteiger partial charge in [-0.25, -0.2) is 0 Å². The first-order valence-corrected chi connectivity index (χ1v) is 4.85. The van der Waals surface area contributed by atoms with Gasteiger partial charge in [0.15, 0.2) is 0 Å². The van der Waals surface area contributed by atoms with Gasteiger partial charge in [-0.1, -0.05) is 20.8 Å². The zero-order valence-corrected chi connectivity index (χ0v) is 8.52. The van der Waals surface area contributed by atoms with E-state index in [4.69, 9.17) is 4.74 Å². The average Bonchev–Trinajstić information content (AvgIpc) is 2.23. The Morgan fingerprint density at radius 3 is 2.69 bits per heavy atom. The predicted octanol–water partition coefficient (Wildman–Crippen LogP) is 2.64. The van der Waals surface area contributed by atoms with Crippen LogP contribution in [0.1, 0.15) is 40.0 Å². The molecule has 2 heteroatoms. The number of fused-ring (bicyclic) bond motifs is 1. The van der Waals surface area contributed by atoms with Crippen LogP contribution in [-0.2, 0) is 9.53 Å². The number of allylic oxidation sites excluding steroid dienone is 2. The monoisotopic (exact) mass is 180 g/mol. The molecule has 0 amide bonds. The molecule has 72 valence electrons. The molecule has 1 fully saturated rings. The van der Waals surface area contributed by atoms with Crippen molar-refractivity contribution in [3.8, 4) is 0 Å². The maximum atomic E-state index is 11.2. The van der Waals surface area contributed by atoms with E-state index in [-0.39, 0.29) is 16.8 Å². The van der Waals surface area contributed by atoms with Gasteiger partial charge in [0.25, 0.3) is 0 Å². The minimum atomic E-state index is -0.0635. The summed E-state index contributed by atoms with van der Waals surface area (Å²) >= 11 is 0. The third-order valence-corrected chi connectivity index (χ3v) is 3.20. The fourth-order valence-corrected chi connectivity index (χ4v) is 2.13. The smallest absolute Gasteiger partial charge is 0.311 e. The van der Waals surface area contributed by atoms with E-state index in [2.05, 4.69) is 26.8 Å². The highest BCUT2D eigenvalue weighted by Gasteiger charge is 2.45. The van der Waals surface area contributed by atoms with Crippen LogP contribution in [0.4, 0.5) is 0 Å². The van der Waals surface area contributed by atoms with E-state index in [9.17, 15) is 4.79 Å². The fraction of sp³-hybridized carbons (Fsp3) is 0.727. The summed E-state index contributed by atoms with van der Waals surface area (Å²) in [7, 11) is 0. The van der Waals surface area contributed by atoms with E-state index in [1.54, 1.807) is 0 Å². The fourth-order valence-electron chi connectivity index (χ4n) is 2.13. The summed E-state index contributed by atoms with van der Waals surface area (Å²) < 4.78 is 5.23. The second kappa shape index (κ2) is 2.37. The molecule has 0 bridgehead atoms. The molecule has 1 aliphatic heterocycles. The van der Waals surface area contributed by atoms with Crippen molar-refractivity contribution in [2.75, 3.05) is 0 Å². The van der Waals surface area contributed by atoms with Crippen molar-refractivity contribution in [1.29, 1.82) is 0 Å². The lowest BCUT2D eigenvalue weighted by molar-refractivity contribution is -0.135. The molecule has 0 aromatic rings. The average molecular weight is 180 g/mol. The number of ether oxygens (including phenoxy) is 1. The van der Waals surface area contributed by atoms with Gasteiger partial charge in [-0.05, 0) is 24.3 Å². The van der Waals surface area contributed by atoms with Gasteiger partial charge in [0.1, 0.15) is 5.76 Å². The molecule has 1 saturated heterocycles. The van der Waals surface area contributed by atoms with Crippen LogP contribution in [0.15, 0.2) is 11.8 Å². The zero-order valence-electron chi connectivity index (χ0n) is 8.52. The molecule has 2 nitrogen and oxygen atoms in total. The summed E-state index contributed by atoms with van der Waals surface area (Å²) in [5, 5.41) is 0. The Hall–Kier alpha value is -0.790. The number of carbonyl (C=O) groups excluding carboxylic acids is 1. The topological polar surface area (TPSA) is 26.3 Å². The normalized spacial score (nSPS) is 36.5. The number of hydrogen-bond donors (Lipinski definition) is 0. The minimum absolute atomic E-state index is 0.00655. The molecular formula is C11H16O2. The Morgan fingerprint density at radius 2 is 2.00 bits per heavy atom. The summed E-state index contributed by atoms with van der Waals surface area (Å²) in [6.07, 6.45) is 4.90. The quantitative estimate of drug-likeness (QED) is 0.536. The predicted molar refractivity (Wildman–Crippen MR) is 49.9 cm³/mol. The first-order valence-electron chi connectivity index (χ1n) is 4.85. The third-order valence-electron chi connectivity index (χ3n) is 3.20.